The van der Waals surface area contributed by atoms with E-state index in [0.717, 1.165) is 17.1 Å². The molecule has 0 aliphatic carbocycles. The van der Waals surface area contributed by atoms with Crippen molar-refractivity contribution in [2.45, 2.75) is 26.8 Å². The van der Waals surface area contributed by atoms with Crippen LogP contribution in [0.2, 0.25) is 0 Å². The Hall–Kier alpha value is -2.44. The zero-order valence-electron chi connectivity index (χ0n) is 15.9. The van der Waals surface area contributed by atoms with E-state index in [1.807, 2.05) is 21.7 Å². The second kappa shape index (κ2) is 8.50. The molecule has 27 heavy (non-hydrogen) atoms. The van der Waals surface area contributed by atoms with Gasteiger partial charge in [-0.25, -0.2) is 9.97 Å². The molecule has 0 aromatic carbocycles. The molecule has 3 rings (SSSR count). The van der Waals surface area contributed by atoms with E-state index in [4.69, 9.17) is 9.68 Å². The number of amides is 1. The van der Waals surface area contributed by atoms with E-state index in [1.54, 1.807) is 18.3 Å². The molecule has 1 fully saturated rings. The highest BCUT2D eigenvalue weighted by Gasteiger charge is 2.26. The first-order chi connectivity index (χ1) is 13.0. The van der Waals surface area contributed by atoms with Crippen molar-refractivity contribution in [2.75, 3.05) is 44.7 Å². The van der Waals surface area contributed by atoms with Crippen molar-refractivity contribution in [1.29, 1.82) is 5.26 Å². The predicted octanol–water partition coefficient (Wildman–Crippen LogP) is 1.65. The van der Waals surface area contributed by atoms with Crippen LogP contribution < -0.4 is 4.90 Å². The summed E-state index contributed by atoms with van der Waals surface area (Å²) in [5.41, 5.74) is 1.32. The molecule has 3 heterocycles. The molecule has 1 amide bonds. The number of piperazine rings is 1. The first-order valence-electron chi connectivity index (χ1n) is 9.02. The van der Waals surface area contributed by atoms with Crippen LogP contribution in [0.25, 0.3) is 0 Å². The van der Waals surface area contributed by atoms with Crippen LogP contribution in [0.4, 0.5) is 5.88 Å². The zero-order valence-corrected chi connectivity index (χ0v) is 16.8. The van der Waals surface area contributed by atoms with Crippen molar-refractivity contribution >= 4 is 23.1 Å². The highest BCUT2D eigenvalue weighted by molar-refractivity contribution is 7.09. The van der Waals surface area contributed by atoms with Gasteiger partial charge in [-0.1, -0.05) is 6.92 Å². The lowest BCUT2D eigenvalue weighted by atomic mass is 10.3. The summed E-state index contributed by atoms with van der Waals surface area (Å²) in [6.07, 6.45) is 0.940. The summed E-state index contributed by atoms with van der Waals surface area (Å²) < 4.78 is 5.56. The molecule has 0 N–H and O–H groups in total. The molecule has 2 aromatic rings. The molecule has 0 saturated carbocycles. The number of aromatic nitrogens is 2. The number of anilines is 1. The normalized spacial score (nSPS) is 14.6. The van der Waals surface area contributed by atoms with Crippen LogP contribution in [-0.2, 0) is 17.8 Å². The van der Waals surface area contributed by atoms with Gasteiger partial charge in [-0.3, -0.25) is 9.69 Å². The summed E-state index contributed by atoms with van der Waals surface area (Å²) in [4.78, 5) is 27.1. The third-order valence-electron chi connectivity index (χ3n) is 4.48. The van der Waals surface area contributed by atoms with E-state index in [1.165, 1.54) is 0 Å². The maximum Gasteiger partial charge on any atom is 0.236 e. The Balaban J connectivity index is 1.50. The summed E-state index contributed by atoms with van der Waals surface area (Å²) in [6.45, 7) is 7.33. The van der Waals surface area contributed by atoms with Gasteiger partial charge >= 0.3 is 0 Å². The van der Waals surface area contributed by atoms with Gasteiger partial charge in [-0.05, 0) is 13.5 Å². The first kappa shape index (κ1) is 19.3. The summed E-state index contributed by atoms with van der Waals surface area (Å²) in [6, 6.07) is 2.06. The van der Waals surface area contributed by atoms with Crippen molar-refractivity contribution in [1.82, 2.24) is 19.8 Å². The maximum atomic E-state index is 12.6. The molecule has 0 spiro atoms. The van der Waals surface area contributed by atoms with Crippen LogP contribution in [0, 0.1) is 18.3 Å². The third kappa shape index (κ3) is 4.64. The molecule has 144 valence electrons. The Labute approximate surface area is 163 Å². The Morgan fingerprint density at radius 2 is 2.11 bits per heavy atom. The number of nitrogens with zero attached hydrogens (tertiary/aromatic N) is 6. The van der Waals surface area contributed by atoms with Crippen LogP contribution >= 0.6 is 11.3 Å². The highest BCUT2D eigenvalue weighted by atomic mass is 32.1. The number of likely N-dealkylation sites (N-methyl/N-ethyl adjacent to an activating group) is 1. The van der Waals surface area contributed by atoms with E-state index >= 15 is 0 Å². The maximum absolute atomic E-state index is 12.6. The SMILES string of the molecule is CCc1nc(CN(C)CC(=O)N2CCN(c3oc(C)nc3C#N)CC2)cs1. The minimum absolute atomic E-state index is 0.109. The van der Waals surface area contributed by atoms with Crippen molar-refractivity contribution in [2.24, 2.45) is 0 Å². The average Bonchev–Trinajstić information content (AvgIpc) is 3.27. The predicted molar refractivity (Wildman–Crippen MR) is 103 cm³/mol. The van der Waals surface area contributed by atoms with Gasteiger partial charge in [-0.2, -0.15) is 5.26 Å². The number of rotatable bonds is 6. The molecule has 0 bridgehead atoms. The van der Waals surface area contributed by atoms with Gasteiger partial charge in [0.15, 0.2) is 5.89 Å². The monoisotopic (exact) mass is 388 g/mol. The van der Waals surface area contributed by atoms with Crippen LogP contribution in [0.3, 0.4) is 0 Å². The fourth-order valence-corrected chi connectivity index (χ4v) is 3.85. The van der Waals surface area contributed by atoms with Gasteiger partial charge in [-0.15, -0.1) is 11.3 Å². The number of aryl methyl sites for hydroxylation is 2. The van der Waals surface area contributed by atoms with Crippen LogP contribution in [-0.4, -0.2) is 65.4 Å². The smallest absolute Gasteiger partial charge is 0.236 e. The van der Waals surface area contributed by atoms with Gasteiger partial charge in [0.25, 0.3) is 0 Å². The van der Waals surface area contributed by atoms with Crippen molar-refractivity contribution in [3.63, 3.8) is 0 Å². The highest BCUT2D eigenvalue weighted by Crippen LogP contribution is 2.22. The first-order valence-corrected chi connectivity index (χ1v) is 9.90. The Morgan fingerprint density at radius 1 is 1.37 bits per heavy atom. The van der Waals surface area contributed by atoms with Gasteiger partial charge in [0.1, 0.15) is 6.07 Å². The number of hydrogen-bond donors (Lipinski definition) is 0. The van der Waals surface area contributed by atoms with Gasteiger partial charge in [0.05, 0.1) is 17.2 Å². The lowest BCUT2D eigenvalue weighted by Crippen LogP contribution is -2.51. The molecule has 1 aliphatic rings. The number of carbonyl (C=O) groups is 1. The largest absolute Gasteiger partial charge is 0.424 e. The van der Waals surface area contributed by atoms with Crippen molar-refractivity contribution in [3.8, 4) is 6.07 Å². The van der Waals surface area contributed by atoms with Gasteiger partial charge < -0.3 is 14.2 Å². The minimum Gasteiger partial charge on any atom is -0.424 e. The minimum atomic E-state index is 0.109. The van der Waals surface area contributed by atoms with Crippen LogP contribution in [0.1, 0.15) is 29.2 Å². The Morgan fingerprint density at radius 3 is 2.74 bits per heavy atom. The molecule has 9 heteroatoms. The summed E-state index contributed by atoms with van der Waals surface area (Å²) >= 11 is 1.67. The summed E-state index contributed by atoms with van der Waals surface area (Å²) in [5.74, 6) is 1.10. The fourth-order valence-electron chi connectivity index (χ4n) is 3.11. The fraction of sp³-hybridized carbons (Fsp3) is 0.556. The van der Waals surface area contributed by atoms with Crippen LogP contribution in [0.5, 0.6) is 0 Å². The summed E-state index contributed by atoms with van der Waals surface area (Å²) in [7, 11) is 1.94. The average molecular weight is 388 g/mol. The van der Waals surface area contributed by atoms with E-state index < -0.39 is 0 Å². The molecule has 2 aromatic heterocycles. The second-order valence-electron chi connectivity index (χ2n) is 6.62. The van der Waals surface area contributed by atoms with E-state index in [-0.39, 0.29) is 5.91 Å². The quantitative estimate of drug-likeness (QED) is 0.743. The van der Waals surface area contributed by atoms with E-state index in [0.29, 0.717) is 56.7 Å². The van der Waals surface area contributed by atoms with Crippen LogP contribution in [0.15, 0.2) is 9.80 Å². The number of hydrogen-bond acceptors (Lipinski definition) is 8. The molecule has 0 radical (unpaired) electrons. The topological polar surface area (TPSA) is 89.5 Å². The van der Waals surface area contributed by atoms with Crippen molar-refractivity contribution in [3.05, 3.63) is 27.7 Å². The van der Waals surface area contributed by atoms with Crippen molar-refractivity contribution < 1.29 is 9.21 Å². The number of thiazole rings is 1. The molecule has 0 unspecified atom stereocenters. The van der Waals surface area contributed by atoms with E-state index in [2.05, 4.69) is 28.3 Å². The molecular formula is C18H24N6O2S. The van der Waals surface area contributed by atoms with Gasteiger partial charge in [0.2, 0.25) is 17.5 Å². The molecule has 1 saturated heterocycles. The Kier molecular flexibility index (Phi) is 6.08. The molecular weight excluding hydrogens is 364 g/mol. The lowest BCUT2D eigenvalue weighted by Gasteiger charge is -2.35. The number of carbonyl (C=O) groups excluding carboxylic acids is 1. The molecule has 0 atom stereocenters. The number of oxazole rings is 1. The molecule has 8 nitrogen and oxygen atoms in total. The standard InChI is InChI=1S/C18H24N6O2S/c1-4-16-21-14(12-27-16)10-22(3)11-17(25)23-5-7-24(8-6-23)18-15(9-19)20-13(2)26-18/h12H,4-8,10-11H2,1-3H3. The zero-order chi connectivity index (χ0) is 19.4. The lowest BCUT2D eigenvalue weighted by molar-refractivity contribution is -0.132. The number of nitriles is 1. The van der Waals surface area contributed by atoms with E-state index in [9.17, 15) is 4.79 Å². The summed E-state index contributed by atoms with van der Waals surface area (Å²) in [5, 5.41) is 12.4. The van der Waals surface area contributed by atoms with Gasteiger partial charge in [0, 0.05) is 45.0 Å². The third-order valence-corrected chi connectivity index (χ3v) is 5.52. The molecule has 1 aliphatic heterocycles. The second-order valence-corrected chi connectivity index (χ2v) is 7.57. The Bertz CT molecular complexity index is 831.